The number of rotatable bonds is 8. The van der Waals surface area contributed by atoms with Crippen molar-refractivity contribution in [2.75, 3.05) is 18.5 Å². The summed E-state index contributed by atoms with van der Waals surface area (Å²) in [5.41, 5.74) is 0.431. The Hall–Kier alpha value is -3.49. The lowest BCUT2D eigenvalue weighted by Gasteiger charge is -2.19. The molecule has 2 aromatic rings. The summed E-state index contributed by atoms with van der Waals surface area (Å²) >= 11 is 0. The maximum Gasteiger partial charge on any atom is 0.309 e. The van der Waals surface area contributed by atoms with Crippen molar-refractivity contribution in [1.29, 1.82) is 0 Å². The molecule has 0 saturated heterocycles. The highest BCUT2D eigenvalue weighted by Crippen LogP contribution is 2.24. The lowest BCUT2D eigenvalue weighted by Crippen LogP contribution is -2.22. The first-order chi connectivity index (χ1) is 14.1. The molecule has 0 bridgehead atoms. The van der Waals surface area contributed by atoms with E-state index in [0.29, 0.717) is 5.75 Å². The molecule has 0 aliphatic heterocycles. The van der Waals surface area contributed by atoms with Crippen LogP contribution in [0.2, 0.25) is 0 Å². The van der Waals surface area contributed by atoms with E-state index < -0.39 is 29.2 Å². The summed E-state index contributed by atoms with van der Waals surface area (Å²) in [6.45, 7) is 5.71. The first-order valence-corrected chi connectivity index (χ1v) is 9.19. The molecule has 30 heavy (non-hydrogen) atoms. The third-order valence-corrected chi connectivity index (χ3v) is 4.09. The standard InChI is InChI=1S/C21H23FN2O6/c1-21(2,3)14-4-7-16(8-5-14)29-11-10-20(26)30-13-19(25)23-18-12-15(24(27)28)6-9-17(18)22/h4-9,12H,10-11,13H2,1-3H3,(H,23,25). The smallest absolute Gasteiger partial charge is 0.309 e. The molecule has 8 nitrogen and oxygen atoms in total. The highest BCUT2D eigenvalue weighted by Gasteiger charge is 2.15. The highest BCUT2D eigenvalue weighted by molar-refractivity contribution is 5.93. The van der Waals surface area contributed by atoms with E-state index >= 15 is 0 Å². The first-order valence-electron chi connectivity index (χ1n) is 9.19. The van der Waals surface area contributed by atoms with Crippen molar-refractivity contribution in [2.45, 2.75) is 32.6 Å². The van der Waals surface area contributed by atoms with Crippen molar-refractivity contribution in [1.82, 2.24) is 0 Å². The van der Waals surface area contributed by atoms with E-state index in [2.05, 4.69) is 26.1 Å². The average molecular weight is 418 g/mol. The van der Waals surface area contributed by atoms with Crippen LogP contribution in [0.1, 0.15) is 32.8 Å². The second-order valence-electron chi connectivity index (χ2n) is 7.50. The molecule has 0 atom stereocenters. The van der Waals surface area contributed by atoms with Crippen LogP contribution in [0.3, 0.4) is 0 Å². The number of nitro benzene ring substituents is 1. The first kappa shape index (κ1) is 22.8. The normalized spacial score (nSPS) is 10.9. The van der Waals surface area contributed by atoms with Crippen LogP contribution in [0.15, 0.2) is 42.5 Å². The fraction of sp³-hybridized carbons (Fsp3) is 0.333. The molecule has 9 heteroatoms. The minimum Gasteiger partial charge on any atom is -0.493 e. The van der Waals surface area contributed by atoms with E-state index in [4.69, 9.17) is 9.47 Å². The van der Waals surface area contributed by atoms with E-state index in [1.165, 1.54) is 0 Å². The summed E-state index contributed by atoms with van der Waals surface area (Å²) in [6.07, 6.45) is -0.0839. The molecule has 0 radical (unpaired) electrons. The number of non-ortho nitro benzene ring substituents is 1. The number of anilines is 1. The number of hydrogen-bond donors (Lipinski definition) is 1. The third-order valence-electron chi connectivity index (χ3n) is 4.09. The van der Waals surface area contributed by atoms with Crippen molar-refractivity contribution >= 4 is 23.3 Å². The number of nitrogens with zero attached hydrogens (tertiary/aromatic N) is 1. The Labute approximate surface area is 173 Å². The fourth-order valence-corrected chi connectivity index (χ4v) is 2.43. The lowest BCUT2D eigenvalue weighted by molar-refractivity contribution is -0.384. The number of ether oxygens (including phenoxy) is 2. The largest absolute Gasteiger partial charge is 0.493 e. The number of esters is 1. The molecule has 0 unspecified atom stereocenters. The van der Waals surface area contributed by atoms with E-state index in [1.807, 2.05) is 24.3 Å². The highest BCUT2D eigenvalue weighted by atomic mass is 19.1. The minimum atomic E-state index is -0.842. The summed E-state index contributed by atoms with van der Waals surface area (Å²) in [6, 6.07) is 10.2. The number of nitrogens with one attached hydrogen (secondary N) is 1. The molecule has 0 aliphatic carbocycles. The maximum absolute atomic E-state index is 13.6. The minimum absolute atomic E-state index is 0.0243. The van der Waals surface area contributed by atoms with Gasteiger partial charge in [0.2, 0.25) is 0 Å². The number of carbonyl (C=O) groups excluding carboxylic acids is 2. The molecule has 1 N–H and O–H groups in total. The second kappa shape index (κ2) is 9.82. The topological polar surface area (TPSA) is 108 Å². The number of benzene rings is 2. The van der Waals surface area contributed by atoms with Crippen LogP contribution in [-0.2, 0) is 19.7 Å². The van der Waals surface area contributed by atoms with Gasteiger partial charge in [0.05, 0.1) is 23.6 Å². The molecule has 160 valence electrons. The number of nitro groups is 1. The zero-order valence-corrected chi connectivity index (χ0v) is 16.9. The van der Waals surface area contributed by atoms with Gasteiger partial charge in [0, 0.05) is 12.1 Å². The quantitative estimate of drug-likeness (QED) is 0.395. The van der Waals surface area contributed by atoms with E-state index in [9.17, 15) is 24.1 Å². The van der Waals surface area contributed by atoms with Gasteiger partial charge in [-0.05, 0) is 29.2 Å². The summed E-state index contributed by atoms with van der Waals surface area (Å²) in [7, 11) is 0. The van der Waals surface area contributed by atoms with Gasteiger partial charge in [0.15, 0.2) is 6.61 Å². The van der Waals surface area contributed by atoms with E-state index in [1.54, 1.807) is 0 Å². The van der Waals surface area contributed by atoms with Gasteiger partial charge in [-0.2, -0.15) is 0 Å². The van der Waals surface area contributed by atoms with Crippen molar-refractivity contribution in [3.05, 3.63) is 64.0 Å². The average Bonchev–Trinajstić information content (AvgIpc) is 2.67. The van der Waals surface area contributed by atoms with Gasteiger partial charge in [0.25, 0.3) is 11.6 Å². The summed E-state index contributed by atoms with van der Waals surface area (Å²) in [5, 5.41) is 12.9. The maximum atomic E-state index is 13.6. The Kier molecular flexibility index (Phi) is 7.46. The van der Waals surface area contributed by atoms with E-state index in [0.717, 1.165) is 23.8 Å². The van der Waals surface area contributed by atoms with Crippen LogP contribution in [0.25, 0.3) is 0 Å². The lowest BCUT2D eigenvalue weighted by atomic mass is 9.87. The van der Waals surface area contributed by atoms with Crippen LogP contribution in [0.5, 0.6) is 5.75 Å². The van der Waals surface area contributed by atoms with Crippen molar-refractivity contribution < 1.29 is 28.4 Å². The number of hydrogen-bond acceptors (Lipinski definition) is 6. The Morgan fingerprint density at radius 2 is 1.80 bits per heavy atom. The molecular formula is C21H23FN2O6. The predicted molar refractivity (Wildman–Crippen MR) is 108 cm³/mol. The molecule has 2 rings (SSSR count). The van der Waals surface area contributed by atoms with Crippen LogP contribution >= 0.6 is 0 Å². The number of carbonyl (C=O) groups is 2. The Morgan fingerprint density at radius 3 is 2.40 bits per heavy atom. The van der Waals surface area contributed by atoms with Gasteiger partial charge in [-0.3, -0.25) is 19.7 Å². The van der Waals surface area contributed by atoms with Crippen molar-refractivity contribution in [2.24, 2.45) is 0 Å². The van der Waals surface area contributed by atoms with E-state index in [-0.39, 0.29) is 29.8 Å². The number of amides is 1. The zero-order chi connectivity index (χ0) is 22.3. The Morgan fingerprint density at radius 1 is 1.13 bits per heavy atom. The van der Waals surface area contributed by atoms with Gasteiger partial charge in [-0.25, -0.2) is 4.39 Å². The molecule has 2 aromatic carbocycles. The third kappa shape index (κ3) is 6.84. The predicted octanol–water partition coefficient (Wildman–Crippen LogP) is 3.98. The van der Waals surface area contributed by atoms with Crippen molar-refractivity contribution in [3.8, 4) is 5.75 Å². The SMILES string of the molecule is CC(C)(C)c1ccc(OCCC(=O)OCC(=O)Nc2cc([N+](=O)[O-])ccc2F)cc1. The summed E-state index contributed by atoms with van der Waals surface area (Å²) in [5.74, 6) is -1.72. The molecule has 1 amide bonds. The molecule has 0 heterocycles. The van der Waals surface area contributed by atoms with Crippen LogP contribution < -0.4 is 10.1 Å². The molecule has 0 aromatic heterocycles. The molecule has 0 saturated carbocycles. The second-order valence-corrected chi connectivity index (χ2v) is 7.50. The van der Waals surface area contributed by atoms with Gasteiger partial charge in [-0.15, -0.1) is 0 Å². The van der Waals surface area contributed by atoms with Gasteiger partial charge in [-0.1, -0.05) is 32.9 Å². The van der Waals surface area contributed by atoms with Gasteiger partial charge >= 0.3 is 5.97 Å². The number of halogens is 1. The summed E-state index contributed by atoms with van der Waals surface area (Å²) in [4.78, 5) is 33.5. The monoisotopic (exact) mass is 418 g/mol. The van der Waals surface area contributed by atoms with Gasteiger partial charge in [0.1, 0.15) is 11.6 Å². The van der Waals surface area contributed by atoms with Crippen LogP contribution in [0.4, 0.5) is 15.8 Å². The molecule has 0 aliphatic rings. The van der Waals surface area contributed by atoms with Gasteiger partial charge < -0.3 is 14.8 Å². The Balaban J connectivity index is 1.75. The summed E-state index contributed by atoms with van der Waals surface area (Å²) < 4.78 is 23.9. The Bertz CT molecular complexity index is 922. The van der Waals surface area contributed by atoms with Crippen molar-refractivity contribution in [3.63, 3.8) is 0 Å². The van der Waals surface area contributed by atoms with Crippen LogP contribution in [-0.4, -0.2) is 30.0 Å². The van der Waals surface area contributed by atoms with Crippen LogP contribution in [0, 0.1) is 15.9 Å². The fourth-order valence-electron chi connectivity index (χ4n) is 2.43. The molecular weight excluding hydrogens is 395 g/mol. The molecule has 0 spiro atoms. The zero-order valence-electron chi connectivity index (χ0n) is 16.9. The molecule has 0 fully saturated rings.